The van der Waals surface area contributed by atoms with Gasteiger partial charge in [-0.2, -0.15) is 8.42 Å². The summed E-state index contributed by atoms with van der Waals surface area (Å²) in [7, 11) is -2.29. The molecule has 0 atom stereocenters. The highest BCUT2D eigenvalue weighted by molar-refractivity contribution is 7.90. The minimum Gasteiger partial charge on any atom is -0.497 e. The van der Waals surface area contributed by atoms with Crippen molar-refractivity contribution in [2.75, 3.05) is 13.7 Å². The lowest BCUT2D eigenvalue weighted by molar-refractivity contribution is 0.328. The molecule has 0 amide bonds. The van der Waals surface area contributed by atoms with Crippen LogP contribution in [0.25, 0.3) is 10.9 Å². The van der Waals surface area contributed by atoms with Crippen molar-refractivity contribution in [1.82, 2.24) is 9.19 Å². The molecule has 0 saturated heterocycles. The fourth-order valence-corrected chi connectivity index (χ4v) is 3.57. The smallest absolute Gasteiger partial charge is 0.283 e. The van der Waals surface area contributed by atoms with Crippen LogP contribution >= 0.6 is 0 Å². The molecule has 7 heteroatoms. The van der Waals surface area contributed by atoms with Crippen molar-refractivity contribution >= 4 is 20.9 Å². The molecule has 23 heavy (non-hydrogen) atoms. The van der Waals surface area contributed by atoms with E-state index in [0.717, 1.165) is 4.09 Å². The molecule has 0 fully saturated rings. The van der Waals surface area contributed by atoms with Crippen LogP contribution in [0.4, 0.5) is 0 Å². The molecule has 1 heterocycles. The number of aromatic nitrogens is 2. The summed E-state index contributed by atoms with van der Waals surface area (Å²) in [6.07, 6.45) is 0. The Kier molecular flexibility index (Phi) is 3.96. The van der Waals surface area contributed by atoms with E-state index in [0.29, 0.717) is 29.1 Å². The van der Waals surface area contributed by atoms with Crippen molar-refractivity contribution in [2.45, 2.75) is 11.8 Å². The van der Waals surface area contributed by atoms with E-state index >= 15 is 0 Å². The van der Waals surface area contributed by atoms with Crippen molar-refractivity contribution in [3.05, 3.63) is 48.5 Å². The normalized spacial score (nSPS) is 11.6. The average Bonchev–Trinajstić information content (AvgIpc) is 2.95. The van der Waals surface area contributed by atoms with Crippen LogP contribution in [0.2, 0.25) is 0 Å². The molecule has 6 nitrogen and oxygen atoms in total. The second-order valence-electron chi connectivity index (χ2n) is 4.78. The van der Waals surface area contributed by atoms with Gasteiger partial charge in [-0.3, -0.25) is 0 Å². The molecule has 0 aliphatic rings. The van der Waals surface area contributed by atoms with Crippen LogP contribution in [0.3, 0.4) is 0 Å². The number of para-hydroxylation sites is 1. The quantitative estimate of drug-likeness (QED) is 0.718. The molecule has 0 aliphatic heterocycles. The molecule has 0 radical (unpaired) electrons. The minimum atomic E-state index is -3.82. The summed E-state index contributed by atoms with van der Waals surface area (Å²) in [5.74, 6) is 0.893. The lowest BCUT2D eigenvalue weighted by Gasteiger charge is -2.06. The molecule has 120 valence electrons. The lowest BCUT2D eigenvalue weighted by Crippen LogP contribution is -2.14. The van der Waals surface area contributed by atoms with Gasteiger partial charge in [0.1, 0.15) is 5.75 Å². The zero-order chi connectivity index (χ0) is 16.4. The van der Waals surface area contributed by atoms with Crippen molar-refractivity contribution in [2.24, 2.45) is 0 Å². The summed E-state index contributed by atoms with van der Waals surface area (Å²) >= 11 is 0. The van der Waals surface area contributed by atoms with Crippen molar-refractivity contribution in [3.63, 3.8) is 0 Å². The Morgan fingerprint density at radius 2 is 1.78 bits per heavy atom. The molecule has 0 spiro atoms. The third-order valence-electron chi connectivity index (χ3n) is 3.39. The van der Waals surface area contributed by atoms with Crippen LogP contribution in [0, 0.1) is 0 Å². The predicted octanol–water partition coefficient (Wildman–Crippen LogP) is 2.68. The van der Waals surface area contributed by atoms with Gasteiger partial charge in [-0.05, 0) is 43.3 Å². The monoisotopic (exact) mass is 332 g/mol. The Morgan fingerprint density at radius 1 is 1.09 bits per heavy atom. The molecular weight excluding hydrogens is 316 g/mol. The molecule has 0 aliphatic carbocycles. The Labute approximate surface area is 134 Å². The lowest BCUT2D eigenvalue weighted by atomic mass is 10.2. The fourth-order valence-electron chi connectivity index (χ4n) is 2.29. The Bertz CT molecular complexity index is 930. The summed E-state index contributed by atoms with van der Waals surface area (Å²) in [4.78, 5) is 0.134. The number of hydrogen-bond donors (Lipinski definition) is 0. The highest BCUT2D eigenvalue weighted by Gasteiger charge is 2.23. The molecule has 1 aromatic heterocycles. The summed E-state index contributed by atoms with van der Waals surface area (Å²) in [5, 5.41) is 4.80. The van der Waals surface area contributed by atoms with Gasteiger partial charge >= 0.3 is 0 Å². The second kappa shape index (κ2) is 5.92. The largest absolute Gasteiger partial charge is 0.497 e. The molecular formula is C16H16N2O4S. The van der Waals surface area contributed by atoms with Gasteiger partial charge in [-0.25, -0.2) is 0 Å². The Hall–Kier alpha value is -2.54. The summed E-state index contributed by atoms with van der Waals surface area (Å²) in [6.45, 7) is 2.23. The van der Waals surface area contributed by atoms with Gasteiger partial charge in [0.2, 0.25) is 5.88 Å². The first kappa shape index (κ1) is 15.4. The zero-order valence-corrected chi connectivity index (χ0v) is 13.6. The van der Waals surface area contributed by atoms with E-state index in [9.17, 15) is 8.42 Å². The van der Waals surface area contributed by atoms with E-state index in [-0.39, 0.29) is 4.90 Å². The molecule has 0 N–H and O–H groups in total. The summed E-state index contributed by atoms with van der Waals surface area (Å²) < 4.78 is 37.3. The molecule has 3 aromatic rings. The van der Waals surface area contributed by atoms with Gasteiger partial charge in [-0.1, -0.05) is 12.1 Å². The van der Waals surface area contributed by atoms with Gasteiger partial charge in [0.05, 0.1) is 29.5 Å². The van der Waals surface area contributed by atoms with Gasteiger partial charge in [0, 0.05) is 0 Å². The maximum absolute atomic E-state index is 12.9. The Morgan fingerprint density at radius 3 is 2.43 bits per heavy atom. The second-order valence-corrected chi connectivity index (χ2v) is 6.55. The average molecular weight is 332 g/mol. The van der Waals surface area contributed by atoms with Crippen LogP contribution in [0.1, 0.15) is 6.92 Å². The van der Waals surface area contributed by atoms with Gasteiger partial charge in [0.25, 0.3) is 10.0 Å². The summed E-state index contributed by atoms with van der Waals surface area (Å²) in [6, 6.07) is 13.2. The van der Waals surface area contributed by atoms with Crippen molar-refractivity contribution in [1.29, 1.82) is 0 Å². The topological polar surface area (TPSA) is 70.4 Å². The van der Waals surface area contributed by atoms with Crippen LogP contribution in [0.15, 0.2) is 53.4 Å². The highest BCUT2D eigenvalue weighted by atomic mass is 32.2. The molecule has 0 bridgehead atoms. The van der Waals surface area contributed by atoms with E-state index in [1.54, 1.807) is 30.3 Å². The van der Waals surface area contributed by atoms with Crippen LogP contribution in [0.5, 0.6) is 11.6 Å². The van der Waals surface area contributed by atoms with Crippen LogP contribution < -0.4 is 9.47 Å². The van der Waals surface area contributed by atoms with Gasteiger partial charge in [0.15, 0.2) is 0 Å². The number of methoxy groups -OCH3 is 1. The number of hydrogen-bond acceptors (Lipinski definition) is 5. The number of fused-ring (bicyclic) bond motifs is 1. The van der Waals surface area contributed by atoms with Gasteiger partial charge in [-0.15, -0.1) is 9.19 Å². The summed E-state index contributed by atoms with van der Waals surface area (Å²) in [5.41, 5.74) is 0.478. The van der Waals surface area contributed by atoms with E-state index in [1.807, 2.05) is 13.0 Å². The SMILES string of the molecule is CCOc1nn(S(=O)(=O)c2ccc(OC)cc2)c2ccccc12. The molecule has 0 unspecified atom stereocenters. The zero-order valence-electron chi connectivity index (χ0n) is 12.8. The van der Waals surface area contributed by atoms with Crippen molar-refractivity contribution < 1.29 is 17.9 Å². The third-order valence-corrected chi connectivity index (χ3v) is 4.99. The first-order valence-corrected chi connectivity index (χ1v) is 8.52. The fraction of sp³-hybridized carbons (Fsp3) is 0.188. The molecule has 2 aromatic carbocycles. The standard InChI is InChI=1S/C16H16N2O4S/c1-3-22-16-14-6-4-5-7-15(14)18(17-16)23(19,20)13-10-8-12(21-2)9-11-13/h4-11H,3H2,1-2H3. The number of benzene rings is 2. The van der Waals surface area contributed by atoms with Crippen LogP contribution in [-0.2, 0) is 10.0 Å². The van der Waals surface area contributed by atoms with Crippen molar-refractivity contribution in [3.8, 4) is 11.6 Å². The van der Waals surface area contributed by atoms with Crippen LogP contribution in [-0.4, -0.2) is 31.3 Å². The molecule has 0 saturated carbocycles. The highest BCUT2D eigenvalue weighted by Crippen LogP contribution is 2.28. The predicted molar refractivity (Wildman–Crippen MR) is 86.5 cm³/mol. The first-order chi connectivity index (χ1) is 11.1. The molecule has 3 rings (SSSR count). The van der Waals surface area contributed by atoms with E-state index in [4.69, 9.17) is 9.47 Å². The third kappa shape index (κ3) is 2.63. The number of rotatable bonds is 5. The first-order valence-electron chi connectivity index (χ1n) is 7.08. The Balaban J connectivity index is 2.17. The van der Waals surface area contributed by atoms with E-state index in [2.05, 4.69) is 5.10 Å². The number of ether oxygens (including phenoxy) is 2. The number of nitrogens with zero attached hydrogens (tertiary/aromatic N) is 2. The maximum Gasteiger partial charge on any atom is 0.283 e. The van der Waals surface area contributed by atoms with E-state index in [1.165, 1.54) is 19.2 Å². The minimum absolute atomic E-state index is 0.134. The van der Waals surface area contributed by atoms with Gasteiger partial charge < -0.3 is 9.47 Å². The maximum atomic E-state index is 12.9. The van der Waals surface area contributed by atoms with E-state index < -0.39 is 10.0 Å².